The van der Waals surface area contributed by atoms with Gasteiger partial charge in [-0.25, -0.2) is 20.1 Å². The van der Waals surface area contributed by atoms with Crippen molar-refractivity contribution in [3.8, 4) is 22.4 Å². The van der Waals surface area contributed by atoms with Crippen molar-refractivity contribution in [1.82, 2.24) is 10.5 Å². The number of benzene rings is 3. The van der Waals surface area contributed by atoms with Gasteiger partial charge in [-0.3, -0.25) is 10.1 Å². The first-order chi connectivity index (χ1) is 21.2. The molecule has 5 rings (SSSR count). The number of hydrogen-bond acceptors (Lipinski definition) is 7. The van der Waals surface area contributed by atoms with Crippen LogP contribution >= 0.6 is 0 Å². The first-order valence-corrected chi connectivity index (χ1v) is 15.0. The molecule has 2 amide bonds. The van der Waals surface area contributed by atoms with E-state index in [1.807, 2.05) is 24.3 Å². The topological polar surface area (TPSA) is 119 Å². The van der Waals surface area contributed by atoms with Crippen LogP contribution in [0.1, 0.15) is 62.4 Å². The van der Waals surface area contributed by atoms with E-state index in [9.17, 15) is 9.59 Å². The predicted octanol–water partition coefficient (Wildman–Crippen LogP) is 7.03. The van der Waals surface area contributed by atoms with Crippen molar-refractivity contribution in [3.05, 3.63) is 83.9 Å². The zero-order valence-electron chi connectivity index (χ0n) is 25.4. The average Bonchev–Trinajstić information content (AvgIpc) is 3.02. The van der Waals surface area contributed by atoms with Crippen LogP contribution in [0.25, 0.3) is 33.3 Å². The van der Waals surface area contributed by atoms with Crippen LogP contribution in [0.3, 0.4) is 0 Å². The zero-order valence-corrected chi connectivity index (χ0v) is 25.4. The third kappa shape index (κ3) is 8.19. The maximum absolute atomic E-state index is 13.5. The van der Waals surface area contributed by atoms with E-state index < -0.39 is 23.9 Å². The fourth-order valence-corrected chi connectivity index (χ4v) is 5.02. The molecule has 1 unspecified atom stereocenters. The van der Waals surface area contributed by atoms with Crippen molar-refractivity contribution >= 4 is 28.6 Å². The monoisotopic (exact) mass is 597 g/mol. The van der Waals surface area contributed by atoms with Gasteiger partial charge in [-0.05, 0) is 87.4 Å². The van der Waals surface area contributed by atoms with Gasteiger partial charge in [0.05, 0.1) is 16.8 Å². The number of aliphatic hydroxyl groups excluding tert-OH is 1. The van der Waals surface area contributed by atoms with Gasteiger partial charge >= 0.3 is 6.09 Å². The summed E-state index contributed by atoms with van der Waals surface area (Å²) in [6.07, 6.45) is 3.13. The van der Waals surface area contributed by atoms with Gasteiger partial charge in [0.2, 0.25) is 0 Å². The van der Waals surface area contributed by atoms with E-state index in [0.29, 0.717) is 40.9 Å². The van der Waals surface area contributed by atoms with Crippen molar-refractivity contribution < 1.29 is 29.0 Å². The summed E-state index contributed by atoms with van der Waals surface area (Å²) in [7, 11) is 0. The smallest absolute Gasteiger partial charge is 0.412 e. The Bertz CT molecular complexity index is 1590. The van der Waals surface area contributed by atoms with E-state index >= 15 is 0 Å². The Morgan fingerprint density at radius 2 is 1.66 bits per heavy atom. The third-order valence-electron chi connectivity index (χ3n) is 7.21. The normalized spacial score (nSPS) is 15.1. The maximum Gasteiger partial charge on any atom is 0.412 e. The van der Waals surface area contributed by atoms with E-state index in [1.165, 1.54) is 5.56 Å². The highest BCUT2D eigenvalue weighted by molar-refractivity contribution is 6.08. The molecule has 3 aromatic carbocycles. The summed E-state index contributed by atoms with van der Waals surface area (Å²) >= 11 is 0. The molecule has 0 saturated carbocycles. The van der Waals surface area contributed by atoms with Crippen molar-refractivity contribution in [2.45, 2.75) is 64.8 Å². The number of nitrogens with zero attached hydrogens (tertiary/aromatic N) is 1. The Kier molecular flexibility index (Phi) is 9.89. The second-order valence-electron chi connectivity index (χ2n) is 11.9. The lowest BCUT2D eigenvalue weighted by Gasteiger charge is -2.22. The molecule has 1 fully saturated rings. The number of amides is 2. The Morgan fingerprint density at radius 1 is 0.955 bits per heavy atom. The Labute approximate surface area is 257 Å². The number of carbonyl (C=O) groups excluding carboxylic acids is 2. The van der Waals surface area contributed by atoms with Gasteiger partial charge in [0, 0.05) is 36.3 Å². The van der Waals surface area contributed by atoms with Crippen molar-refractivity contribution in [1.29, 1.82) is 0 Å². The van der Waals surface area contributed by atoms with E-state index in [2.05, 4.69) is 35.1 Å². The van der Waals surface area contributed by atoms with Crippen LogP contribution in [0.5, 0.6) is 0 Å². The number of rotatable bonds is 9. The van der Waals surface area contributed by atoms with Gasteiger partial charge in [-0.2, -0.15) is 0 Å². The highest BCUT2D eigenvalue weighted by Gasteiger charge is 2.20. The van der Waals surface area contributed by atoms with Crippen LogP contribution in [0.2, 0.25) is 0 Å². The van der Waals surface area contributed by atoms with Crippen molar-refractivity contribution in [2.75, 3.05) is 18.5 Å². The molecule has 9 heteroatoms. The van der Waals surface area contributed by atoms with Crippen LogP contribution in [-0.2, 0) is 20.7 Å². The average molecular weight is 598 g/mol. The number of aryl methyl sites for hydroxylation is 1. The van der Waals surface area contributed by atoms with Crippen molar-refractivity contribution in [2.24, 2.45) is 0 Å². The standard InChI is InChI=1S/C35H39N3O6/c1-35(2,3)43-34(41)36-27-17-18-30-28(21-27)29(33(40)38-44-32-8-4-5-20-42-32)22-31(37-30)26-15-13-25(14-16-26)24-11-9-23(10-12-24)7-6-19-39/h9-18,21-22,32,39H,4-8,19-20H2,1-3H3,(H,36,41)(H,38,40). The molecule has 4 aromatic rings. The SMILES string of the molecule is CC(C)(C)OC(=O)Nc1ccc2nc(-c3ccc(-c4ccc(CCCO)cc4)cc3)cc(C(=O)NOC3CCCCO3)c2c1. The number of ether oxygens (including phenoxy) is 2. The lowest BCUT2D eigenvalue weighted by atomic mass is 9.99. The van der Waals surface area contributed by atoms with Gasteiger partial charge < -0.3 is 14.6 Å². The van der Waals surface area contributed by atoms with Crippen molar-refractivity contribution in [3.63, 3.8) is 0 Å². The summed E-state index contributed by atoms with van der Waals surface area (Å²) in [5.41, 5.74) is 8.10. The molecule has 2 heterocycles. The Hall–Kier alpha value is -4.31. The molecular formula is C35H39N3O6. The summed E-state index contributed by atoms with van der Waals surface area (Å²) in [4.78, 5) is 36.4. The maximum atomic E-state index is 13.5. The minimum Gasteiger partial charge on any atom is -0.444 e. The molecule has 0 spiro atoms. The van der Waals surface area contributed by atoms with Gasteiger partial charge in [-0.1, -0.05) is 48.5 Å². The lowest BCUT2D eigenvalue weighted by Crippen LogP contribution is -2.33. The molecule has 1 aromatic heterocycles. The van der Waals surface area contributed by atoms with Gasteiger partial charge in [0.25, 0.3) is 5.91 Å². The molecule has 0 aliphatic carbocycles. The third-order valence-corrected chi connectivity index (χ3v) is 7.21. The number of aliphatic hydroxyl groups is 1. The van der Waals surface area contributed by atoms with E-state index in [1.54, 1.807) is 45.0 Å². The number of pyridine rings is 1. The predicted molar refractivity (Wildman–Crippen MR) is 170 cm³/mol. The highest BCUT2D eigenvalue weighted by atomic mass is 16.8. The fraction of sp³-hybridized carbons (Fsp3) is 0.343. The highest BCUT2D eigenvalue weighted by Crippen LogP contribution is 2.30. The summed E-state index contributed by atoms with van der Waals surface area (Å²) in [5, 5.41) is 12.4. The summed E-state index contributed by atoms with van der Waals surface area (Å²) in [6.45, 7) is 6.15. The first-order valence-electron chi connectivity index (χ1n) is 15.0. The number of anilines is 1. The van der Waals surface area contributed by atoms with Gasteiger partial charge in [0.15, 0.2) is 6.29 Å². The molecule has 1 saturated heterocycles. The number of aromatic nitrogens is 1. The van der Waals surface area contributed by atoms with Crippen LogP contribution in [-0.4, -0.2) is 47.2 Å². The number of carbonyl (C=O) groups is 2. The molecule has 3 N–H and O–H groups in total. The molecule has 1 atom stereocenters. The lowest BCUT2D eigenvalue weighted by molar-refractivity contribution is -0.186. The van der Waals surface area contributed by atoms with Crippen LogP contribution in [0.4, 0.5) is 10.5 Å². The minimum absolute atomic E-state index is 0.182. The minimum atomic E-state index is -0.653. The molecule has 1 aliphatic rings. The van der Waals surface area contributed by atoms with E-state index in [0.717, 1.165) is 42.4 Å². The second-order valence-corrected chi connectivity index (χ2v) is 11.9. The number of nitrogens with one attached hydrogen (secondary N) is 2. The van der Waals surface area contributed by atoms with Crippen LogP contribution < -0.4 is 10.8 Å². The molecule has 230 valence electrons. The quantitative estimate of drug-likeness (QED) is 0.177. The number of fused-ring (bicyclic) bond motifs is 1. The molecule has 44 heavy (non-hydrogen) atoms. The van der Waals surface area contributed by atoms with Gasteiger partial charge in [0.1, 0.15) is 5.60 Å². The second kappa shape index (κ2) is 14.0. The molecular weight excluding hydrogens is 558 g/mol. The Morgan fingerprint density at radius 3 is 2.32 bits per heavy atom. The van der Waals surface area contributed by atoms with Crippen LogP contribution in [0, 0.1) is 0 Å². The fourth-order valence-electron chi connectivity index (χ4n) is 5.02. The van der Waals surface area contributed by atoms with E-state index in [4.69, 9.17) is 24.4 Å². The molecule has 1 aliphatic heterocycles. The summed E-state index contributed by atoms with van der Waals surface area (Å²) < 4.78 is 11.0. The number of hydroxylamine groups is 1. The summed E-state index contributed by atoms with van der Waals surface area (Å²) in [6, 6.07) is 23.3. The largest absolute Gasteiger partial charge is 0.444 e. The summed E-state index contributed by atoms with van der Waals surface area (Å²) in [5.74, 6) is -0.444. The van der Waals surface area contributed by atoms with Crippen LogP contribution in [0.15, 0.2) is 72.8 Å². The zero-order chi connectivity index (χ0) is 31.1. The Balaban J connectivity index is 1.43. The van der Waals surface area contributed by atoms with Gasteiger partial charge in [-0.15, -0.1) is 0 Å². The van der Waals surface area contributed by atoms with E-state index in [-0.39, 0.29) is 6.61 Å². The molecule has 9 nitrogen and oxygen atoms in total. The molecule has 0 radical (unpaired) electrons. The number of hydrogen-bond donors (Lipinski definition) is 3. The molecule has 0 bridgehead atoms. The first kappa shape index (κ1) is 31.1.